The van der Waals surface area contributed by atoms with E-state index >= 15 is 0 Å². The van der Waals surface area contributed by atoms with Gasteiger partial charge in [-0.05, 0) is 29.5 Å². The molecule has 1 fully saturated rings. The smallest absolute Gasteiger partial charge is 0.123 e. The molecule has 1 heterocycles. The lowest BCUT2D eigenvalue weighted by molar-refractivity contribution is 0.267. The molecule has 0 saturated carbocycles. The van der Waals surface area contributed by atoms with Crippen molar-refractivity contribution in [3.8, 4) is 0 Å². The van der Waals surface area contributed by atoms with E-state index in [4.69, 9.17) is 0 Å². The van der Waals surface area contributed by atoms with Gasteiger partial charge in [-0.2, -0.15) is 0 Å². The van der Waals surface area contributed by atoms with Crippen molar-refractivity contribution in [3.05, 3.63) is 48.1 Å². The lowest BCUT2D eigenvalue weighted by Gasteiger charge is -2.37. The second-order valence-corrected chi connectivity index (χ2v) is 6.11. The first kappa shape index (κ1) is 14.3. The minimum Gasteiger partial charge on any atom is -0.368 e. The van der Waals surface area contributed by atoms with E-state index in [9.17, 15) is 4.39 Å². The van der Waals surface area contributed by atoms with Crippen molar-refractivity contribution >= 4 is 16.5 Å². The molecule has 1 radical (unpaired) electrons. The van der Waals surface area contributed by atoms with Gasteiger partial charge in [-0.1, -0.05) is 32.0 Å². The third-order valence-corrected chi connectivity index (χ3v) is 4.07. The fourth-order valence-corrected chi connectivity index (χ4v) is 3.10. The van der Waals surface area contributed by atoms with Gasteiger partial charge in [0.25, 0.3) is 0 Å². The van der Waals surface area contributed by atoms with Gasteiger partial charge >= 0.3 is 0 Å². The highest BCUT2D eigenvalue weighted by Crippen LogP contribution is 2.28. The molecule has 1 aliphatic heterocycles. The lowest BCUT2D eigenvalue weighted by atomic mass is 10.1. The second kappa shape index (κ2) is 6.02. The van der Waals surface area contributed by atoms with Crippen LogP contribution in [0.4, 0.5) is 10.1 Å². The van der Waals surface area contributed by atoms with E-state index in [-0.39, 0.29) is 5.82 Å². The van der Waals surface area contributed by atoms with Crippen molar-refractivity contribution in [1.82, 2.24) is 4.90 Å². The van der Waals surface area contributed by atoms with Gasteiger partial charge < -0.3 is 4.90 Å². The highest BCUT2D eigenvalue weighted by Gasteiger charge is 2.19. The third-order valence-electron chi connectivity index (χ3n) is 4.07. The number of rotatable bonds is 3. The summed E-state index contributed by atoms with van der Waals surface area (Å²) in [4.78, 5) is 4.86. The van der Waals surface area contributed by atoms with Gasteiger partial charge in [0.2, 0.25) is 0 Å². The SMILES string of the molecule is C[C](C)CN1CCN(c2cccc3ccc(F)cc23)CC1. The average Bonchev–Trinajstić information content (AvgIpc) is 2.47. The molecule has 0 amide bonds. The molecule has 2 aromatic rings. The van der Waals surface area contributed by atoms with E-state index < -0.39 is 0 Å². The summed E-state index contributed by atoms with van der Waals surface area (Å²) < 4.78 is 13.6. The van der Waals surface area contributed by atoms with Gasteiger partial charge in [0, 0.05) is 43.8 Å². The van der Waals surface area contributed by atoms with Gasteiger partial charge in [-0.25, -0.2) is 4.39 Å². The molecule has 3 rings (SSSR count). The summed E-state index contributed by atoms with van der Waals surface area (Å²) in [5, 5.41) is 2.12. The van der Waals surface area contributed by atoms with E-state index in [0.29, 0.717) is 0 Å². The Balaban J connectivity index is 1.81. The van der Waals surface area contributed by atoms with Crippen LogP contribution in [-0.2, 0) is 0 Å². The third kappa shape index (κ3) is 3.18. The van der Waals surface area contributed by atoms with Crippen LogP contribution in [0.2, 0.25) is 0 Å². The number of benzene rings is 2. The van der Waals surface area contributed by atoms with Gasteiger partial charge in [-0.3, -0.25) is 4.90 Å². The predicted molar refractivity (Wildman–Crippen MR) is 87.2 cm³/mol. The van der Waals surface area contributed by atoms with Crippen LogP contribution in [0.5, 0.6) is 0 Å². The van der Waals surface area contributed by atoms with Crippen LogP contribution < -0.4 is 4.90 Å². The maximum absolute atomic E-state index is 13.6. The van der Waals surface area contributed by atoms with Gasteiger partial charge in [-0.15, -0.1) is 0 Å². The van der Waals surface area contributed by atoms with Crippen molar-refractivity contribution in [2.24, 2.45) is 0 Å². The van der Waals surface area contributed by atoms with Crippen LogP contribution in [0.3, 0.4) is 0 Å². The van der Waals surface area contributed by atoms with E-state index in [1.165, 1.54) is 12.0 Å². The van der Waals surface area contributed by atoms with Crippen molar-refractivity contribution in [1.29, 1.82) is 0 Å². The summed E-state index contributed by atoms with van der Waals surface area (Å²) in [5.41, 5.74) is 1.16. The molecule has 1 saturated heterocycles. The van der Waals surface area contributed by atoms with Crippen molar-refractivity contribution < 1.29 is 4.39 Å². The molecular formula is C18H22FN2. The molecule has 0 bridgehead atoms. The van der Waals surface area contributed by atoms with Crippen LogP contribution in [0.25, 0.3) is 10.8 Å². The normalized spacial score (nSPS) is 16.9. The zero-order chi connectivity index (χ0) is 14.8. The Morgan fingerprint density at radius 3 is 2.52 bits per heavy atom. The molecule has 21 heavy (non-hydrogen) atoms. The molecule has 0 N–H and O–H groups in total. The zero-order valence-corrected chi connectivity index (χ0v) is 12.8. The van der Waals surface area contributed by atoms with Crippen molar-refractivity contribution in [2.45, 2.75) is 13.8 Å². The number of anilines is 1. The number of nitrogens with zero attached hydrogens (tertiary/aromatic N) is 2. The highest BCUT2D eigenvalue weighted by molar-refractivity contribution is 5.94. The quantitative estimate of drug-likeness (QED) is 0.848. The average molecular weight is 285 g/mol. The fraction of sp³-hybridized carbons (Fsp3) is 0.389. The molecule has 0 spiro atoms. The molecule has 0 unspecified atom stereocenters. The molecule has 1 aliphatic rings. The molecule has 2 nitrogen and oxygen atoms in total. The van der Waals surface area contributed by atoms with Crippen LogP contribution in [0, 0.1) is 11.7 Å². The monoisotopic (exact) mass is 285 g/mol. The Kier molecular flexibility index (Phi) is 4.11. The molecular weight excluding hydrogens is 263 g/mol. The topological polar surface area (TPSA) is 6.48 Å². The van der Waals surface area contributed by atoms with E-state index in [1.807, 2.05) is 12.1 Å². The van der Waals surface area contributed by atoms with E-state index in [1.54, 1.807) is 6.07 Å². The van der Waals surface area contributed by atoms with E-state index in [0.717, 1.165) is 49.2 Å². The Labute approximate surface area is 126 Å². The summed E-state index contributed by atoms with van der Waals surface area (Å²) in [6, 6.07) is 11.3. The summed E-state index contributed by atoms with van der Waals surface area (Å²) in [5.74, 6) is 1.29. The molecule has 0 aromatic heterocycles. The maximum Gasteiger partial charge on any atom is 0.123 e. The van der Waals surface area contributed by atoms with Gasteiger partial charge in [0.05, 0.1) is 0 Å². The fourth-order valence-electron chi connectivity index (χ4n) is 3.10. The Morgan fingerprint density at radius 1 is 1.05 bits per heavy atom. The van der Waals surface area contributed by atoms with Crippen molar-refractivity contribution in [3.63, 3.8) is 0 Å². The lowest BCUT2D eigenvalue weighted by Crippen LogP contribution is -2.47. The van der Waals surface area contributed by atoms with Crippen LogP contribution in [0.1, 0.15) is 13.8 Å². The molecule has 2 aromatic carbocycles. The van der Waals surface area contributed by atoms with Crippen LogP contribution in [-0.4, -0.2) is 37.6 Å². The predicted octanol–water partition coefficient (Wildman–Crippen LogP) is 3.72. The summed E-state index contributed by atoms with van der Waals surface area (Å²) >= 11 is 0. The minimum atomic E-state index is -0.162. The first-order valence-electron chi connectivity index (χ1n) is 7.58. The number of fused-ring (bicyclic) bond motifs is 1. The summed E-state index contributed by atoms with van der Waals surface area (Å²) in [6.07, 6.45) is 0. The molecule has 0 aliphatic carbocycles. The summed E-state index contributed by atoms with van der Waals surface area (Å²) in [6.45, 7) is 9.58. The Morgan fingerprint density at radius 2 is 1.81 bits per heavy atom. The van der Waals surface area contributed by atoms with Gasteiger partial charge in [0.15, 0.2) is 0 Å². The number of halogens is 1. The Hall–Kier alpha value is -1.61. The zero-order valence-electron chi connectivity index (χ0n) is 12.8. The number of piperazine rings is 1. The van der Waals surface area contributed by atoms with Crippen LogP contribution >= 0.6 is 0 Å². The van der Waals surface area contributed by atoms with Crippen molar-refractivity contribution in [2.75, 3.05) is 37.6 Å². The molecule has 0 atom stereocenters. The maximum atomic E-state index is 13.6. The highest BCUT2D eigenvalue weighted by atomic mass is 19.1. The van der Waals surface area contributed by atoms with Gasteiger partial charge in [0.1, 0.15) is 5.82 Å². The molecule has 3 heteroatoms. The second-order valence-electron chi connectivity index (χ2n) is 6.11. The van der Waals surface area contributed by atoms with Crippen LogP contribution in [0.15, 0.2) is 36.4 Å². The minimum absolute atomic E-state index is 0.162. The first-order valence-corrected chi connectivity index (χ1v) is 7.58. The summed E-state index contributed by atoms with van der Waals surface area (Å²) in [7, 11) is 0. The number of hydrogen-bond acceptors (Lipinski definition) is 2. The standard InChI is InChI=1S/C18H22FN2/c1-14(2)13-20-8-10-21(11-9-20)18-5-3-4-15-6-7-16(19)12-17(15)18/h3-7,12H,8-11,13H2,1-2H3. The van der Waals surface area contributed by atoms with E-state index in [2.05, 4.69) is 35.8 Å². The number of hydrogen-bond donors (Lipinski definition) is 0. The largest absolute Gasteiger partial charge is 0.368 e. The first-order chi connectivity index (χ1) is 10.1. The Bertz CT molecular complexity index is 616. The molecule has 111 valence electrons.